The molecule has 0 aliphatic heterocycles. The van der Waals surface area contributed by atoms with Crippen LogP contribution in [0.25, 0.3) is 0 Å². The predicted octanol–water partition coefficient (Wildman–Crippen LogP) is 4.51. The van der Waals surface area contributed by atoms with Crippen LogP contribution in [0, 0.1) is 25.7 Å². The van der Waals surface area contributed by atoms with Gasteiger partial charge < -0.3 is 5.32 Å². The minimum atomic E-state index is 0.755. The Balaban J connectivity index is 2.22. The summed E-state index contributed by atoms with van der Waals surface area (Å²) in [6.07, 6.45) is 3.80. The maximum atomic E-state index is 3.53. The Morgan fingerprint density at radius 1 is 1.00 bits per heavy atom. The molecule has 0 heterocycles. The molecule has 1 aromatic carbocycles. The lowest BCUT2D eigenvalue weighted by molar-refractivity contribution is 0.454. The largest absolute Gasteiger partial charge is 0.316 e. The van der Waals surface area contributed by atoms with Gasteiger partial charge in [0, 0.05) is 0 Å². The molecule has 1 nitrogen and oxygen atoms in total. The Hall–Kier alpha value is -0.820. The van der Waals surface area contributed by atoms with Crippen LogP contribution in [-0.2, 0) is 6.42 Å². The molecular formula is C18H31N. The molecular weight excluding hydrogens is 230 g/mol. The summed E-state index contributed by atoms with van der Waals surface area (Å²) >= 11 is 0. The van der Waals surface area contributed by atoms with Gasteiger partial charge in [0.1, 0.15) is 0 Å². The fourth-order valence-corrected chi connectivity index (χ4v) is 2.26. The van der Waals surface area contributed by atoms with Crippen LogP contribution in [-0.4, -0.2) is 13.1 Å². The molecule has 1 aromatic rings. The average Bonchev–Trinajstić information content (AvgIpc) is 2.36. The molecule has 0 aliphatic carbocycles. The Bertz CT molecular complexity index is 368. The third kappa shape index (κ3) is 6.77. The first-order chi connectivity index (χ1) is 8.99. The summed E-state index contributed by atoms with van der Waals surface area (Å²) in [5, 5.41) is 3.53. The fraction of sp³-hybridized carbons (Fsp3) is 0.667. The highest BCUT2D eigenvalue weighted by molar-refractivity contribution is 5.29. The van der Waals surface area contributed by atoms with Crippen LogP contribution in [0.2, 0.25) is 0 Å². The molecule has 1 N–H and O–H groups in total. The van der Waals surface area contributed by atoms with E-state index >= 15 is 0 Å². The topological polar surface area (TPSA) is 12.0 Å². The van der Waals surface area contributed by atoms with Gasteiger partial charge in [-0.2, -0.15) is 0 Å². The first kappa shape index (κ1) is 16.2. The van der Waals surface area contributed by atoms with Gasteiger partial charge in [-0.3, -0.25) is 0 Å². The van der Waals surface area contributed by atoms with E-state index in [0.29, 0.717) is 0 Å². The molecule has 0 spiro atoms. The number of benzene rings is 1. The third-order valence-corrected chi connectivity index (χ3v) is 3.86. The zero-order valence-corrected chi connectivity index (χ0v) is 13.4. The quantitative estimate of drug-likeness (QED) is 0.679. The van der Waals surface area contributed by atoms with Crippen LogP contribution in [0.15, 0.2) is 18.2 Å². The summed E-state index contributed by atoms with van der Waals surface area (Å²) in [5.74, 6) is 1.56. The molecule has 19 heavy (non-hydrogen) atoms. The van der Waals surface area contributed by atoms with Crippen molar-refractivity contribution in [3.63, 3.8) is 0 Å². The van der Waals surface area contributed by atoms with Crippen molar-refractivity contribution in [2.24, 2.45) is 11.8 Å². The Morgan fingerprint density at radius 3 is 2.37 bits per heavy atom. The number of aryl methyl sites for hydroxylation is 3. The summed E-state index contributed by atoms with van der Waals surface area (Å²) in [6.45, 7) is 13.6. The van der Waals surface area contributed by atoms with Crippen LogP contribution in [0.5, 0.6) is 0 Å². The van der Waals surface area contributed by atoms with Gasteiger partial charge in [-0.15, -0.1) is 0 Å². The van der Waals surface area contributed by atoms with Gasteiger partial charge in [0.15, 0.2) is 0 Å². The highest BCUT2D eigenvalue weighted by Crippen LogP contribution is 2.15. The van der Waals surface area contributed by atoms with E-state index in [4.69, 9.17) is 0 Å². The Labute approximate surface area is 119 Å². The summed E-state index contributed by atoms with van der Waals surface area (Å²) in [4.78, 5) is 0. The van der Waals surface area contributed by atoms with Gasteiger partial charge in [0.25, 0.3) is 0 Å². The van der Waals surface area contributed by atoms with Crippen LogP contribution >= 0.6 is 0 Å². The molecule has 1 unspecified atom stereocenters. The first-order valence-electron chi connectivity index (χ1n) is 7.76. The van der Waals surface area contributed by atoms with Gasteiger partial charge in [-0.05, 0) is 74.7 Å². The number of nitrogens with one attached hydrogen (secondary N) is 1. The zero-order chi connectivity index (χ0) is 14.3. The van der Waals surface area contributed by atoms with Gasteiger partial charge in [0.2, 0.25) is 0 Å². The van der Waals surface area contributed by atoms with E-state index in [1.165, 1.54) is 36.0 Å². The van der Waals surface area contributed by atoms with E-state index < -0.39 is 0 Å². The van der Waals surface area contributed by atoms with Crippen molar-refractivity contribution < 1.29 is 0 Å². The van der Waals surface area contributed by atoms with E-state index in [1.807, 2.05) is 0 Å². The lowest BCUT2D eigenvalue weighted by Crippen LogP contribution is -2.22. The summed E-state index contributed by atoms with van der Waals surface area (Å²) in [6, 6.07) is 6.88. The second kappa shape index (κ2) is 8.37. The summed E-state index contributed by atoms with van der Waals surface area (Å²) in [7, 11) is 0. The Kier molecular flexibility index (Phi) is 7.15. The van der Waals surface area contributed by atoms with Gasteiger partial charge in [0.05, 0.1) is 0 Å². The number of hydrogen-bond acceptors (Lipinski definition) is 1. The van der Waals surface area contributed by atoms with Crippen molar-refractivity contribution in [3.05, 3.63) is 34.9 Å². The maximum absolute atomic E-state index is 3.53. The molecule has 1 rings (SSSR count). The van der Waals surface area contributed by atoms with E-state index in [9.17, 15) is 0 Å². The monoisotopic (exact) mass is 261 g/mol. The third-order valence-electron chi connectivity index (χ3n) is 3.86. The molecule has 1 heteroatoms. The van der Waals surface area contributed by atoms with Crippen LogP contribution in [0.3, 0.4) is 0 Å². The van der Waals surface area contributed by atoms with Gasteiger partial charge in [-0.1, -0.05) is 39.0 Å². The van der Waals surface area contributed by atoms with Crippen LogP contribution in [0.4, 0.5) is 0 Å². The van der Waals surface area contributed by atoms with Crippen molar-refractivity contribution in [2.75, 3.05) is 13.1 Å². The molecule has 0 saturated carbocycles. The molecule has 0 aromatic heterocycles. The highest BCUT2D eigenvalue weighted by atomic mass is 14.8. The van der Waals surface area contributed by atoms with Crippen molar-refractivity contribution in [1.82, 2.24) is 5.32 Å². The lowest BCUT2D eigenvalue weighted by atomic mass is 9.96. The van der Waals surface area contributed by atoms with Crippen LogP contribution in [0.1, 0.15) is 50.3 Å². The zero-order valence-electron chi connectivity index (χ0n) is 13.4. The van der Waals surface area contributed by atoms with Crippen molar-refractivity contribution in [3.8, 4) is 0 Å². The van der Waals surface area contributed by atoms with Gasteiger partial charge >= 0.3 is 0 Å². The summed E-state index contributed by atoms with van der Waals surface area (Å²) in [5.41, 5.74) is 4.31. The SMILES string of the molecule is Cc1ccc(CCC(C)CCNCC(C)C)cc1C. The fourth-order valence-electron chi connectivity index (χ4n) is 2.26. The van der Waals surface area contributed by atoms with Crippen molar-refractivity contribution in [1.29, 1.82) is 0 Å². The van der Waals surface area contributed by atoms with Crippen molar-refractivity contribution in [2.45, 2.75) is 53.9 Å². The van der Waals surface area contributed by atoms with E-state index in [1.54, 1.807) is 0 Å². The molecule has 0 amide bonds. The standard InChI is InChI=1S/C18H31N/c1-14(2)13-19-11-10-15(3)6-8-18-9-7-16(4)17(5)12-18/h7,9,12,14-15,19H,6,8,10-11,13H2,1-5H3. The normalized spacial score (nSPS) is 12.9. The van der Waals surface area contributed by atoms with Gasteiger partial charge in [-0.25, -0.2) is 0 Å². The highest BCUT2D eigenvalue weighted by Gasteiger charge is 2.04. The lowest BCUT2D eigenvalue weighted by Gasteiger charge is -2.13. The maximum Gasteiger partial charge on any atom is -0.00258 e. The van der Waals surface area contributed by atoms with Crippen molar-refractivity contribution >= 4 is 0 Å². The second-order valence-electron chi connectivity index (χ2n) is 6.45. The second-order valence-corrected chi connectivity index (χ2v) is 6.45. The predicted molar refractivity (Wildman–Crippen MR) is 85.7 cm³/mol. The van der Waals surface area contributed by atoms with E-state index in [2.05, 4.69) is 58.1 Å². The summed E-state index contributed by atoms with van der Waals surface area (Å²) < 4.78 is 0. The molecule has 0 saturated heterocycles. The molecule has 0 aliphatic rings. The molecule has 0 fully saturated rings. The minimum absolute atomic E-state index is 0.755. The molecule has 0 bridgehead atoms. The molecule has 0 radical (unpaired) electrons. The number of hydrogen-bond donors (Lipinski definition) is 1. The Morgan fingerprint density at radius 2 is 1.74 bits per heavy atom. The smallest absolute Gasteiger partial charge is 0.00258 e. The minimum Gasteiger partial charge on any atom is -0.316 e. The molecule has 108 valence electrons. The van der Waals surface area contributed by atoms with E-state index in [0.717, 1.165) is 24.9 Å². The first-order valence-corrected chi connectivity index (χ1v) is 7.76. The number of rotatable bonds is 8. The van der Waals surface area contributed by atoms with Crippen LogP contribution < -0.4 is 5.32 Å². The van der Waals surface area contributed by atoms with E-state index in [-0.39, 0.29) is 0 Å². The molecule has 1 atom stereocenters. The average molecular weight is 261 g/mol.